The molecule has 0 amide bonds. The number of aliphatic hydroxyl groups is 1. The Kier molecular flexibility index (Phi) is 5.41. The van der Waals surface area contributed by atoms with Crippen LogP contribution >= 0.6 is 0 Å². The zero-order chi connectivity index (χ0) is 10.9. The third kappa shape index (κ3) is 4.09. The summed E-state index contributed by atoms with van der Waals surface area (Å²) in [5, 5.41) is 8.77. The van der Waals surface area contributed by atoms with Crippen LogP contribution in [-0.2, 0) is 11.2 Å². The first kappa shape index (κ1) is 11.7. The largest absolute Gasteiger partial charge is 0.396 e. The molecule has 0 unspecified atom stereocenters. The molecule has 2 heteroatoms. The van der Waals surface area contributed by atoms with Crippen molar-refractivity contribution in [1.29, 1.82) is 0 Å². The van der Waals surface area contributed by atoms with Crippen LogP contribution in [-0.4, -0.2) is 18.0 Å². The number of allylic oxidation sites excluding steroid dienone is 1. The van der Waals surface area contributed by atoms with Crippen LogP contribution in [0.4, 0.5) is 0 Å². The molecule has 0 aromatic heterocycles. The molecule has 80 valence electrons. The third-order valence-corrected chi connectivity index (χ3v) is 2.19. The van der Waals surface area contributed by atoms with Crippen molar-refractivity contribution in [3.8, 4) is 0 Å². The Morgan fingerprint density at radius 3 is 2.80 bits per heavy atom. The molecule has 0 bridgehead atoms. The normalized spacial score (nSPS) is 10.7. The topological polar surface area (TPSA) is 37.3 Å². The minimum absolute atomic E-state index is 0.215. The molecule has 0 saturated carbocycles. The molecule has 1 aromatic carbocycles. The maximum absolute atomic E-state index is 10.2. The SMILES string of the molecule is O=CCC=Cc1ccccc1CCCO. The summed E-state index contributed by atoms with van der Waals surface area (Å²) in [6, 6.07) is 8.04. The highest BCUT2D eigenvalue weighted by Crippen LogP contribution is 2.12. The Bertz CT molecular complexity index is 329. The molecular weight excluding hydrogens is 188 g/mol. The van der Waals surface area contributed by atoms with Crippen molar-refractivity contribution in [2.24, 2.45) is 0 Å². The van der Waals surface area contributed by atoms with Gasteiger partial charge in [-0.25, -0.2) is 0 Å². The van der Waals surface area contributed by atoms with Crippen LogP contribution in [0.25, 0.3) is 6.08 Å². The summed E-state index contributed by atoms with van der Waals surface area (Å²) in [5.41, 5.74) is 2.35. The van der Waals surface area contributed by atoms with E-state index in [1.165, 1.54) is 5.56 Å². The van der Waals surface area contributed by atoms with Crippen LogP contribution < -0.4 is 0 Å². The van der Waals surface area contributed by atoms with Gasteiger partial charge in [0.15, 0.2) is 0 Å². The number of benzene rings is 1. The molecule has 1 aromatic rings. The highest BCUT2D eigenvalue weighted by molar-refractivity contribution is 5.59. The number of carbonyl (C=O) groups excluding carboxylic acids is 1. The fraction of sp³-hybridized carbons (Fsp3) is 0.308. The molecule has 1 rings (SSSR count). The first-order chi connectivity index (χ1) is 7.38. The molecule has 0 aliphatic rings. The van der Waals surface area contributed by atoms with Gasteiger partial charge >= 0.3 is 0 Å². The number of aliphatic hydroxyl groups excluding tert-OH is 1. The molecule has 0 aliphatic carbocycles. The minimum Gasteiger partial charge on any atom is -0.396 e. The van der Waals surface area contributed by atoms with Crippen LogP contribution in [0.2, 0.25) is 0 Å². The van der Waals surface area contributed by atoms with Gasteiger partial charge in [-0.1, -0.05) is 36.4 Å². The van der Waals surface area contributed by atoms with Crippen LogP contribution in [0.1, 0.15) is 24.0 Å². The van der Waals surface area contributed by atoms with Gasteiger partial charge in [-0.2, -0.15) is 0 Å². The number of carbonyl (C=O) groups is 1. The second-order valence-electron chi connectivity index (χ2n) is 3.33. The van der Waals surface area contributed by atoms with Gasteiger partial charge in [0.05, 0.1) is 0 Å². The Morgan fingerprint density at radius 2 is 2.07 bits per heavy atom. The molecule has 0 spiro atoms. The van der Waals surface area contributed by atoms with E-state index in [-0.39, 0.29) is 6.61 Å². The standard InChI is InChI=1S/C13H16O2/c14-10-4-3-8-12-6-1-2-7-13(12)9-5-11-15/h1-3,6-8,10,15H,4-5,9,11H2. The van der Waals surface area contributed by atoms with E-state index in [4.69, 9.17) is 5.11 Å². The molecule has 0 radical (unpaired) electrons. The first-order valence-electron chi connectivity index (χ1n) is 5.17. The van der Waals surface area contributed by atoms with Crippen molar-refractivity contribution in [3.05, 3.63) is 41.5 Å². The molecule has 15 heavy (non-hydrogen) atoms. The van der Waals surface area contributed by atoms with E-state index >= 15 is 0 Å². The van der Waals surface area contributed by atoms with Gasteiger partial charge in [-0.15, -0.1) is 0 Å². The zero-order valence-corrected chi connectivity index (χ0v) is 8.73. The first-order valence-corrected chi connectivity index (χ1v) is 5.17. The smallest absolute Gasteiger partial charge is 0.123 e. The van der Waals surface area contributed by atoms with Crippen molar-refractivity contribution in [1.82, 2.24) is 0 Å². The molecule has 0 atom stereocenters. The second-order valence-corrected chi connectivity index (χ2v) is 3.33. The lowest BCUT2D eigenvalue weighted by molar-refractivity contribution is -0.107. The highest BCUT2D eigenvalue weighted by Gasteiger charge is 1.97. The Morgan fingerprint density at radius 1 is 1.27 bits per heavy atom. The summed E-state index contributed by atoms with van der Waals surface area (Å²) in [6.45, 7) is 0.215. The van der Waals surface area contributed by atoms with E-state index in [1.54, 1.807) is 0 Å². The van der Waals surface area contributed by atoms with Gasteiger partial charge in [-0.3, -0.25) is 0 Å². The number of hydrogen-bond acceptors (Lipinski definition) is 2. The predicted octanol–water partition coefficient (Wildman–Crippen LogP) is 2.21. The van der Waals surface area contributed by atoms with Gasteiger partial charge in [0, 0.05) is 13.0 Å². The van der Waals surface area contributed by atoms with Crippen molar-refractivity contribution < 1.29 is 9.90 Å². The zero-order valence-electron chi connectivity index (χ0n) is 8.73. The summed E-state index contributed by atoms with van der Waals surface area (Å²) in [4.78, 5) is 10.2. The fourth-order valence-electron chi connectivity index (χ4n) is 1.44. The molecule has 0 saturated heterocycles. The maximum atomic E-state index is 10.2. The lowest BCUT2D eigenvalue weighted by atomic mass is 10.0. The number of aryl methyl sites for hydroxylation is 1. The molecule has 1 N–H and O–H groups in total. The van der Waals surface area contributed by atoms with Gasteiger partial charge < -0.3 is 9.90 Å². The van der Waals surface area contributed by atoms with Gasteiger partial charge in [-0.05, 0) is 24.0 Å². The lowest BCUT2D eigenvalue weighted by Gasteiger charge is -2.04. The monoisotopic (exact) mass is 204 g/mol. The van der Waals surface area contributed by atoms with E-state index in [2.05, 4.69) is 6.07 Å². The average Bonchev–Trinajstić information content (AvgIpc) is 2.28. The number of rotatable bonds is 6. The Balaban J connectivity index is 2.71. The van der Waals surface area contributed by atoms with E-state index in [1.807, 2.05) is 30.4 Å². The van der Waals surface area contributed by atoms with Crippen LogP contribution in [0, 0.1) is 0 Å². The number of aldehydes is 1. The van der Waals surface area contributed by atoms with E-state index in [0.29, 0.717) is 6.42 Å². The third-order valence-electron chi connectivity index (χ3n) is 2.19. The van der Waals surface area contributed by atoms with E-state index in [0.717, 1.165) is 24.7 Å². The average molecular weight is 204 g/mol. The van der Waals surface area contributed by atoms with E-state index < -0.39 is 0 Å². The predicted molar refractivity (Wildman–Crippen MR) is 61.6 cm³/mol. The highest BCUT2D eigenvalue weighted by atomic mass is 16.2. The van der Waals surface area contributed by atoms with Crippen LogP contribution in [0.3, 0.4) is 0 Å². The van der Waals surface area contributed by atoms with Crippen molar-refractivity contribution in [3.63, 3.8) is 0 Å². The summed E-state index contributed by atoms with van der Waals surface area (Å²) in [6.07, 6.45) is 6.80. The Hall–Kier alpha value is -1.41. The minimum atomic E-state index is 0.215. The second kappa shape index (κ2) is 6.96. The molecule has 0 aliphatic heterocycles. The number of hydrogen-bond donors (Lipinski definition) is 1. The lowest BCUT2D eigenvalue weighted by Crippen LogP contribution is -1.92. The van der Waals surface area contributed by atoms with Gasteiger partial charge in [0.25, 0.3) is 0 Å². The summed E-state index contributed by atoms with van der Waals surface area (Å²) < 4.78 is 0. The van der Waals surface area contributed by atoms with Crippen molar-refractivity contribution in [2.45, 2.75) is 19.3 Å². The molecule has 0 fully saturated rings. The van der Waals surface area contributed by atoms with Crippen LogP contribution in [0.15, 0.2) is 30.3 Å². The molecule has 0 heterocycles. The summed E-state index contributed by atoms with van der Waals surface area (Å²) >= 11 is 0. The van der Waals surface area contributed by atoms with Crippen molar-refractivity contribution >= 4 is 12.4 Å². The molecular formula is C13H16O2. The van der Waals surface area contributed by atoms with Gasteiger partial charge in [0.2, 0.25) is 0 Å². The quantitative estimate of drug-likeness (QED) is 0.721. The summed E-state index contributed by atoms with van der Waals surface area (Å²) in [5.74, 6) is 0. The molecule has 2 nitrogen and oxygen atoms in total. The maximum Gasteiger partial charge on any atom is 0.123 e. The van der Waals surface area contributed by atoms with E-state index in [9.17, 15) is 4.79 Å². The van der Waals surface area contributed by atoms with Crippen molar-refractivity contribution in [2.75, 3.05) is 6.61 Å². The summed E-state index contributed by atoms with van der Waals surface area (Å²) in [7, 11) is 0. The van der Waals surface area contributed by atoms with Gasteiger partial charge in [0.1, 0.15) is 6.29 Å². The Labute approximate surface area is 90.3 Å². The van der Waals surface area contributed by atoms with Crippen LogP contribution in [0.5, 0.6) is 0 Å². The fourth-order valence-corrected chi connectivity index (χ4v) is 1.44.